The number of hydrogen-bond acceptors (Lipinski definition) is 4. The van der Waals surface area contributed by atoms with Gasteiger partial charge in [-0.1, -0.05) is 0 Å². The number of halogens is 2. The third-order valence-electron chi connectivity index (χ3n) is 2.65. The van der Waals surface area contributed by atoms with Gasteiger partial charge in [0.1, 0.15) is 0 Å². The fourth-order valence-electron chi connectivity index (χ4n) is 1.79. The number of rotatable bonds is 2. The minimum Gasteiger partial charge on any atom is -0.348 e. The van der Waals surface area contributed by atoms with Gasteiger partial charge in [0, 0.05) is 32.6 Å². The number of aromatic nitrogens is 2. The van der Waals surface area contributed by atoms with Crippen molar-refractivity contribution in [2.24, 2.45) is 0 Å². The molecule has 1 fully saturated rings. The zero-order valence-corrected chi connectivity index (χ0v) is 11.5. The zero-order valence-electron chi connectivity index (χ0n) is 9.90. The molecule has 0 amide bonds. The number of nitrogens with one attached hydrogen (secondary N) is 2. The third-order valence-corrected chi connectivity index (χ3v) is 2.65. The van der Waals surface area contributed by atoms with Gasteiger partial charge >= 0.3 is 0 Å². The molecular formula is C10H18Cl2N4O. The molecule has 1 saturated heterocycles. The molecule has 0 radical (unpaired) electrons. The highest BCUT2D eigenvalue weighted by molar-refractivity contribution is 5.85. The van der Waals surface area contributed by atoms with Crippen molar-refractivity contribution >= 4 is 30.8 Å². The molecule has 7 heteroatoms. The molecule has 1 aliphatic heterocycles. The molecule has 98 valence electrons. The molecule has 2 N–H and O–H groups in total. The van der Waals surface area contributed by atoms with Crippen molar-refractivity contribution in [3.8, 4) is 0 Å². The Kier molecular flexibility index (Phi) is 6.52. The summed E-state index contributed by atoms with van der Waals surface area (Å²) in [5.41, 5.74) is 0.822. The van der Waals surface area contributed by atoms with E-state index >= 15 is 0 Å². The van der Waals surface area contributed by atoms with Gasteiger partial charge in [-0.25, -0.2) is 4.98 Å². The van der Waals surface area contributed by atoms with Crippen LogP contribution >= 0.6 is 24.8 Å². The Morgan fingerprint density at radius 1 is 1.41 bits per heavy atom. The van der Waals surface area contributed by atoms with Gasteiger partial charge in [0.25, 0.3) is 5.56 Å². The van der Waals surface area contributed by atoms with Crippen LogP contribution in [0.25, 0.3) is 0 Å². The Morgan fingerprint density at radius 3 is 2.65 bits per heavy atom. The van der Waals surface area contributed by atoms with Gasteiger partial charge in [-0.2, -0.15) is 0 Å². The molecule has 0 spiro atoms. The Balaban J connectivity index is 0.00000128. The normalized spacial score (nSPS) is 18.1. The van der Waals surface area contributed by atoms with Gasteiger partial charge in [0.05, 0.1) is 5.69 Å². The van der Waals surface area contributed by atoms with Gasteiger partial charge in [-0.05, 0) is 13.0 Å². The van der Waals surface area contributed by atoms with E-state index in [0.717, 1.165) is 25.2 Å². The van der Waals surface area contributed by atoms with Crippen LogP contribution in [0, 0.1) is 0 Å². The van der Waals surface area contributed by atoms with Crippen LogP contribution in [0.1, 0.15) is 18.0 Å². The summed E-state index contributed by atoms with van der Waals surface area (Å²) in [6.45, 7) is 1.93. The predicted octanol–water partition coefficient (Wildman–Crippen LogP) is 0.756. The van der Waals surface area contributed by atoms with Gasteiger partial charge < -0.3 is 10.2 Å². The molecule has 1 aromatic heterocycles. The third kappa shape index (κ3) is 3.87. The maximum atomic E-state index is 11.4. The molecule has 5 nitrogen and oxygen atoms in total. The summed E-state index contributed by atoms with van der Waals surface area (Å²) in [5.74, 6) is 1.01. The lowest BCUT2D eigenvalue weighted by Crippen LogP contribution is -2.21. The smallest absolute Gasteiger partial charge is 0.252 e. The second-order valence-electron chi connectivity index (χ2n) is 4.08. The van der Waals surface area contributed by atoms with Crippen LogP contribution in [-0.2, 0) is 0 Å². The van der Waals surface area contributed by atoms with E-state index in [9.17, 15) is 4.79 Å². The Labute approximate surface area is 113 Å². The van der Waals surface area contributed by atoms with Crippen molar-refractivity contribution < 1.29 is 0 Å². The van der Waals surface area contributed by atoms with Crippen LogP contribution in [0.15, 0.2) is 10.9 Å². The summed E-state index contributed by atoms with van der Waals surface area (Å²) < 4.78 is 0. The first-order valence-corrected chi connectivity index (χ1v) is 5.16. The van der Waals surface area contributed by atoms with Crippen LogP contribution in [0.5, 0.6) is 0 Å². The number of aromatic amines is 1. The first-order valence-electron chi connectivity index (χ1n) is 5.16. The van der Waals surface area contributed by atoms with E-state index in [1.165, 1.54) is 0 Å². The average molecular weight is 281 g/mol. The van der Waals surface area contributed by atoms with Crippen LogP contribution in [0.3, 0.4) is 0 Å². The fraction of sp³-hybridized carbons (Fsp3) is 0.600. The second-order valence-corrected chi connectivity index (χ2v) is 4.08. The number of anilines is 1. The Hall–Kier alpha value is -0.780. The van der Waals surface area contributed by atoms with E-state index in [1.807, 2.05) is 19.0 Å². The molecule has 1 unspecified atom stereocenters. The number of nitrogens with zero attached hydrogens (tertiary/aromatic N) is 2. The maximum Gasteiger partial charge on any atom is 0.252 e. The molecule has 0 bridgehead atoms. The predicted molar refractivity (Wildman–Crippen MR) is 73.9 cm³/mol. The lowest BCUT2D eigenvalue weighted by atomic mass is 10.1. The topological polar surface area (TPSA) is 61.0 Å². The monoisotopic (exact) mass is 280 g/mol. The van der Waals surface area contributed by atoms with Gasteiger partial charge in [0.2, 0.25) is 5.95 Å². The molecule has 0 aliphatic carbocycles. The van der Waals surface area contributed by atoms with Gasteiger partial charge in [-0.15, -0.1) is 24.8 Å². The summed E-state index contributed by atoms with van der Waals surface area (Å²) in [6, 6.07) is 1.60. The van der Waals surface area contributed by atoms with E-state index in [4.69, 9.17) is 0 Å². The molecule has 1 atom stereocenters. The van der Waals surface area contributed by atoms with E-state index in [1.54, 1.807) is 6.07 Å². The number of H-pyrrole nitrogens is 1. The number of hydrogen-bond donors (Lipinski definition) is 2. The summed E-state index contributed by atoms with van der Waals surface area (Å²) >= 11 is 0. The Bertz CT molecular complexity index is 402. The summed E-state index contributed by atoms with van der Waals surface area (Å²) in [6.07, 6.45) is 1.06. The SMILES string of the molecule is CN(C)c1nc(C2CCNC2)cc(=O)[nH]1.Cl.Cl. The average Bonchev–Trinajstić information content (AvgIpc) is 2.69. The molecule has 1 aliphatic rings. The first kappa shape index (κ1) is 16.2. The zero-order chi connectivity index (χ0) is 10.8. The lowest BCUT2D eigenvalue weighted by molar-refractivity contribution is 0.725. The summed E-state index contributed by atoms with van der Waals surface area (Å²) in [4.78, 5) is 20.4. The van der Waals surface area contributed by atoms with Crippen molar-refractivity contribution in [2.75, 3.05) is 32.1 Å². The minimum atomic E-state index is -0.0735. The van der Waals surface area contributed by atoms with Crippen molar-refractivity contribution in [2.45, 2.75) is 12.3 Å². The second kappa shape index (κ2) is 6.83. The fourth-order valence-corrected chi connectivity index (χ4v) is 1.79. The quantitative estimate of drug-likeness (QED) is 0.840. The van der Waals surface area contributed by atoms with Crippen LogP contribution in [-0.4, -0.2) is 37.2 Å². The first-order chi connectivity index (χ1) is 7.16. The standard InChI is InChI=1S/C10H16N4O.2ClH/c1-14(2)10-12-8(5-9(15)13-10)7-3-4-11-6-7;;/h5,7,11H,3-4,6H2,1-2H3,(H,12,13,15);2*1H. The lowest BCUT2D eigenvalue weighted by Gasteiger charge is -2.13. The van der Waals surface area contributed by atoms with Gasteiger partial charge in [-0.3, -0.25) is 9.78 Å². The van der Waals surface area contributed by atoms with E-state index in [0.29, 0.717) is 11.9 Å². The van der Waals surface area contributed by atoms with Crippen LogP contribution in [0.2, 0.25) is 0 Å². The molecule has 2 heterocycles. The highest BCUT2D eigenvalue weighted by atomic mass is 35.5. The largest absolute Gasteiger partial charge is 0.348 e. The minimum absolute atomic E-state index is 0. The van der Waals surface area contributed by atoms with E-state index in [-0.39, 0.29) is 30.4 Å². The van der Waals surface area contributed by atoms with Crippen molar-refractivity contribution in [3.63, 3.8) is 0 Å². The van der Waals surface area contributed by atoms with Crippen molar-refractivity contribution in [1.29, 1.82) is 0 Å². The molecule has 1 aromatic rings. The molecule has 0 saturated carbocycles. The molecule has 2 rings (SSSR count). The van der Waals surface area contributed by atoms with Crippen LogP contribution in [0.4, 0.5) is 5.95 Å². The summed E-state index contributed by atoms with van der Waals surface area (Å²) in [7, 11) is 3.74. The maximum absolute atomic E-state index is 11.4. The summed E-state index contributed by atoms with van der Waals surface area (Å²) in [5, 5.41) is 3.27. The Morgan fingerprint density at radius 2 is 2.12 bits per heavy atom. The molecular weight excluding hydrogens is 263 g/mol. The van der Waals surface area contributed by atoms with E-state index in [2.05, 4.69) is 15.3 Å². The van der Waals surface area contributed by atoms with Crippen molar-refractivity contribution in [3.05, 3.63) is 22.1 Å². The van der Waals surface area contributed by atoms with Gasteiger partial charge in [0.15, 0.2) is 0 Å². The highest BCUT2D eigenvalue weighted by Gasteiger charge is 2.19. The van der Waals surface area contributed by atoms with Crippen LogP contribution < -0.4 is 15.8 Å². The highest BCUT2D eigenvalue weighted by Crippen LogP contribution is 2.19. The molecule has 17 heavy (non-hydrogen) atoms. The van der Waals surface area contributed by atoms with Crippen molar-refractivity contribution in [1.82, 2.24) is 15.3 Å². The molecule has 0 aromatic carbocycles. The van der Waals surface area contributed by atoms with E-state index < -0.39 is 0 Å².